The minimum absolute atomic E-state index is 0.0628. The summed E-state index contributed by atoms with van der Waals surface area (Å²) in [6.07, 6.45) is 0.891. The molecule has 138 valence electrons. The number of hydrogen-bond acceptors (Lipinski definition) is 6. The summed E-state index contributed by atoms with van der Waals surface area (Å²) < 4.78 is 5.20. The number of benzene rings is 2. The molecule has 0 N–H and O–H groups in total. The van der Waals surface area contributed by atoms with Crippen LogP contribution >= 0.6 is 0 Å². The molecule has 0 spiro atoms. The number of anilines is 2. The Morgan fingerprint density at radius 3 is 2.67 bits per heavy atom. The molecular weight excluding hydrogens is 350 g/mol. The van der Waals surface area contributed by atoms with Gasteiger partial charge in [-0.3, -0.25) is 19.7 Å². The van der Waals surface area contributed by atoms with Gasteiger partial charge in [0, 0.05) is 18.3 Å². The van der Waals surface area contributed by atoms with Crippen LogP contribution < -0.4 is 14.5 Å². The average Bonchev–Trinajstić information content (AvgIpc) is 3.21. The third kappa shape index (κ3) is 2.69. The molecule has 0 saturated carbocycles. The zero-order valence-electron chi connectivity index (χ0n) is 14.6. The van der Waals surface area contributed by atoms with Gasteiger partial charge in [0.15, 0.2) is 0 Å². The Morgan fingerprint density at radius 2 is 1.93 bits per heavy atom. The second-order valence-electron chi connectivity index (χ2n) is 6.47. The van der Waals surface area contributed by atoms with Gasteiger partial charge in [-0.05, 0) is 24.1 Å². The molecule has 2 aliphatic heterocycles. The van der Waals surface area contributed by atoms with Crippen LogP contribution in [0.15, 0.2) is 42.5 Å². The van der Waals surface area contributed by atoms with E-state index in [1.54, 1.807) is 0 Å². The Bertz CT molecular complexity index is 958. The van der Waals surface area contributed by atoms with E-state index in [2.05, 4.69) is 0 Å². The Balaban J connectivity index is 1.68. The van der Waals surface area contributed by atoms with Crippen LogP contribution in [0.1, 0.15) is 12.0 Å². The number of rotatable bonds is 4. The minimum Gasteiger partial charge on any atom is -0.494 e. The molecule has 0 aromatic heterocycles. The Labute approximate surface area is 155 Å². The molecule has 2 aromatic rings. The summed E-state index contributed by atoms with van der Waals surface area (Å²) in [4.78, 5) is 39.2. The number of carbonyl (C=O) groups excluding carboxylic acids is 2. The Morgan fingerprint density at radius 1 is 1.15 bits per heavy atom. The lowest BCUT2D eigenvalue weighted by molar-refractivity contribution is -0.384. The smallest absolute Gasteiger partial charge is 0.273 e. The molecule has 1 atom stereocenters. The monoisotopic (exact) mass is 367 g/mol. The van der Waals surface area contributed by atoms with Gasteiger partial charge in [0.2, 0.25) is 5.91 Å². The highest BCUT2D eigenvalue weighted by Crippen LogP contribution is 2.38. The van der Waals surface area contributed by atoms with E-state index in [1.165, 1.54) is 25.3 Å². The van der Waals surface area contributed by atoms with Gasteiger partial charge >= 0.3 is 0 Å². The number of nitro benzene ring substituents is 1. The van der Waals surface area contributed by atoms with E-state index in [0.29, 0.717) is 6.54 Å². The van der Waals surface area contributed by atoms with Gasteiger partial charge in [-0.2, -0.15) is 0 Å². The molecule has 8 nitrogen and oxygen atoms in total. The van der Waals surface area contributed by atoms with Crippen molar-refractivity contribution >= 4 is 28.9 Å². The fourth-order valence-corrected chi connectivity index (χ4v) is 3.76. The van der Waals surface area contributed by atoms with Gasteiger partial charge in [-0.15, -0.1) is 0 Å². The maximum atomic E-state index is 13.1. The van der Waals surface area contributed by atoms with E-state index in [4.69, 9.17) is 4.74 Å². The zero-order chi connectivity index (χ0) is 19.1. The molecule has 0 radical (unpaired) electrons. The van der Waals surface area contributed by atoms with Crippen LogP contribution in [-0.4, -0.2) is 36.4 Å². The van der Waals surface area contributed by atoms with Crippen molar-refractivity contribution in [3.8, 4) is 5.75 Å². The molecule has 2 aromatic carbocycles. The van der Waals surface area contributed by atoms with E-state index in [9.17, 15) is 19.7 Å². The summed E-state index contributed by atoms with van der Waals surface area (Å²) in [5.74, 6) is -0.571. The topological polar surface area (TPSA) is 93.0 Å². The molecule has 27 heavy (non-hydrogen) atoms. The standard InChI is InChI=1S/C19H17N3O5/c1-27-17-10-13(22(25)26)6-7-15(17)21-18(23)11-16(19(21)24)20-9-8-12-4-2-3-5-14(12)20/h2-7,10,16H,8-9,11H2,1H3. The number of fused-ring (bicyclic) bond motifs is 1. The van der Waals surface area contributed by atoms with Crippen molar-refractivity contribution < 1.29 is 19.2 Å². The Hall–Kier alpha value is -3.42. The molecule has 0 aliphatic carbocycles. The van der Waals surface area contributed by atoms with Crippen LogP contribution in [0.5, 0.6) is 5.75 Å². The fourth-order valence-electron chi connectivity index (χ4n) is 3.76. The summed E-state index contributed by atoms with van der Waals surface area (Å²) in [7, 11) is 1.35. The average molecular weight is 367 g/mol. The van der Waals surface area contributed by atoms with Crippen molar-refractivity contribution in [1.82, 2.24) is 0 Å². The predicted octanol–water partition coefficient (Wildman–Crippen LogP) is 2.30. The molecular formula is C19H17N3O5. The van der Waals surface area contributed by atoms with Gasteiger partial charge in [-0.25, -0.2) is 4.90 Å². The number of ether oxygens (including phenoxy) is 1. The first-order valence-electron chi connectivity index (χ1n) is 8.55. The number of non-ortho nitro benzene ring substituents is 1. The lowest BCUT2D eigenvalue weighted by Crippen LogP contribution is -2.41. The van der Waals surface area contributed by atoms with Crippen LogP contribution in [0.2, 0.25) is 0 Å². The van der Waals surface area contributed by atoms with Crippen molar-refractivity contribution in [2.75, 3.05) is 23.5 Å². The highest BCUT2D eigenvalue weighted by atomic mass is 16.6. The number of nitrogens with zero attached hydrogens (tertiary/aromatic N) is 3. The normalized spacial score (nSPS) is 18.8. The van der Waals surface area contributed by atoms with Crippen LogP contribution in [0.3, 0.4) is 0 Å². The summed E-state index contributed by atoms with van der Waals surface area (Å²) in [5.41, 5.74) is 2.19. The third-order valence-electron chi connectivity index (χ3n) is 5.04. The molecule has 2 amide bonds. The maximum Gasteiger partial charge on any atom is 0.273 e. The molecule has 1 saturated heterocycles. The number of amides is 2. The second-order valence-corrected chi connectivity index (χ2v) is 6.47. The Kier molecular flexibility index (Phi) is 4.02. The van der Waals surface area contributed by atoms with E-state index in [0.717, 1.165) is 22.6 Å². The van der Waals surface area contributed by atoms with Gasteiger partial charge in [0.1, 0.15) is 11.8 Å². The number of hydrogen-bond donors (Lipinski definition) is 0. The fraction of sp³-hybridized carbons (Fsp3) is 0.263. The zero-order valence-corrected chi connectivity index (χ0v) is 14.6. The molecule has 2 aliphatic rings. The van der Waals surface area contributed by atoms with E-state index < -0.39 is 11.0 Å². The maximum absolute atomic E-state index is 13.1. The lowest BCUT2D eigenvalue weighted by Gasteiger charge is -2.25. The van der Waals surface area contributed by atoms with Crippen molar-refractivity contribution in [3.05, 3.63) is 58.1 Å². The van der Waals surface area contributed by atoms with Gasteiger partial charge in [-0.1, -0.05) is 18.2 Å². The van der Waals surface area contributed by atoms with Crippen LogP contribution in [-0.2, 0) is 16.0 Å². The highest BCUT2D eigenvalue weighted by Gasteiger charge is 2.45. The summed E-state index contributed by atoms with van der Waals surface area (Å²) >= 11 is 0. The van der Waals surface area contributed by atoms with E-state index in [-0.39, 0.29) is 35.4 Å². The molecule has 8 heteroatoms. The molecule has 1 fully saturated rings. The van der Waals surface area contributed by atoms with Crippen molar-refractivity contribution in [2.45, 2.75) is 18.9 Å². The number of carbonyl (C=O) groups is 2. The first kappa shape index (κ1) is 17.0. The van der Waals surface area contributed by atoms with E-state index in [1.807, 2.05) is 29.2 Å². The van der Waals surface area contributed by atoms with Gasteiger partial charge in [0.25, 0.3) is 11.6 Å². The van der Waals surface area contributed by atoms with E-state index >= 15 is 0 Å². The van der Waals surface area contributed by atoms with Crippen LogP contribution in [0.4, 0.5) is 17.1 Å². The number of para-hydroxylation sites is 1. The molecule has 2 heterocycles. The molecule has 1 unspecified atom stereocenters. The van der Waals surface area contributed by atoms with Crippen LogP contribution in [0, 0.1) is 10.1 Å². The largest absolute Gasteiger partial charge is 0.494 e. The van der Waals surface area contributed by atoms with Crippen molar-refractivity contribution in [2.24, 2.45) is 0 Å². The molecule has 0 bridgehead atoms. The SMILES string of the molecule is COc1cc([N+](=O)[O-])ccc1N1C(=O)CC(N2CCc3ccccc32)C1=O. The van der Waals surface area contributed by atoms with Crippen molar-refractivity contribution in [3.63, 3.8) is 0 Å². The number of nitro groups is 1. The van der Waals surface area contributed by atoms with Gasteiger partial charge < -0.3 is 9.64 Å². The lowest BCUT2D eigenvalue weighted by atomic mass is 10.1. The summed E-state index contributed by atoms with van der Waals surface area (Å²) in [5, 5.41) is 11.0. The van der Waals surface area contributed by atoms with Crippen LogP contribution in [0.25, 0.3) is 0 Å². The quantitative estimate of drug-likeness (QED) is 0.468. The van der Waals surface area contributed by atoms with Crippen molar-refractivity contribution in [1.29, 1.82) is 0 Å². The first-order valence-corrected chi connectivity index (χ1v) is 8.55. The second kappa shape index (κ2) is 6.39. The number of methoxy groups -OCH3 is 1. The first-order chi connectivity index (χ1) is 13.0. The number of imide groups is 1. The molecule has 4 rings (SSSR count). The van der Waals surface area contributed by atoms with Gasteiger partial charge in [0.05, 0.1) is 30.2 Å². The minimum atomic E-state index is -0.582. The third-order valence-corrected chi connectivity index (χ3v) is 5.04. The predicted molar refractivity (Wildman–Crippen MR) is 98.0 cm³/mol. The highest BCUT2D eigenvalue weighted by molar-refractivity contribution is 6.24. The summed E-state index contributed by atoms with van der Waals surface area (Å²) in [6.45, 7) is 0.675. The summed E-state index contributed by atoms with van der Waals surface area (Å²) in [6, 6.07) is 11.1.